The van der Waals surface area contributed by atoms with E-state index in [0.29, 0.717) is 13.1 Å². The van der Waals surface area contributed by atoms with Gasteiger partial charge in [0.2, 0.25) is 0 Å². The van der Waals surface area contributed by atoms with Crippen LogP contribution in [0.2, 0.25) is 0 Å². The minimum atomic E-state index is -0.334. The van der Waals surface area contributed by atoms with Crippen LogP contribution in [-0.4, -0.2) is 37.8 Å². The van der Waals surface area contributed by atoms with Gasteiger partial charge in [0.25, 0.3) is 0 Å². The van der Waals surface area contributed by atoms with Crippen LogP contribution < -0.4 is 9.64 Å². The fraction of sp³-hybridized carbons (Fsp3) is 0.348. The maximum absolute atomic E-state index is 14.5. The number of halogens is 1. The molecule has 0 atom stereocenters. The summed E-state index contributed by atoms with van der Waals surface area (Å²) in [6.45, 7) is 3.91. The maximum Gasteiger partial charge on any atom is 0.165 e. The summed E-state index contributed by atoms with van der Waals surface area (Å²) in [5.74, 6) is 0.773. The molecule has 3 aromatic rings. The highest BCUT2D eigenvalue weighted by atomic mass is 19.1. The molecule has 3 aliphatic rings. The molecule has 0 N–H and O–H groups in total. The second-order valence-corrected chi connectivity index (χ2v) is 8.54. The van der Waals surface area contributed by atoms with E-state index in [2.05, 4.69) is 29.8 Å². The molecule has 1 aliphatic carbocycles. The molecule has 1 aromatic carbocycles. The summed E-state index contributed by atoms with van der Waals surface area (Å²) in [7, 11) is 0. The fourth-order valence-corrected chi connectivity index (χ4v) is 4.12. The highest BCUT2D eigenvalue weighted by molar-refractivity contribution is 6.14. The van der Waals surface area contributed by atoms with E-state index < -0.39 is 0 Å². The highest BCUT2D eigenvalue weighted by Gasteiger charge is 2.41. The molecule has 156 valence electrons. The van der Waals surface area contributed by atoms with Crippen LogP contribution in [0.25, 0.3) is 0 Å². The van der Waals surface area contributed by atoms with Gasteiger partial charge >= 0.3 is 0 Å². The molecule has 4 heterocycles. The third kappa shape index (κ3) is 3.32. The number of aromatic nitrogens is 4. The minimum Gasteiger partial charge on any atom is -0.484 e. The van der Waals surface area contributed by atoms with Crippen molar-refractivity contribution in [2.75, 3.05) is 11.4 Å². The van der Waals surface area contributed by atoms with Crippen LogP contribution in [0.5, 0.6) is 5.75 Å². The number of hydrogen-bond acceptors (Lipinski definition) is 7. The molecule has 8 heteroatoms. The fourth-order valence-electron chi connectivity index (χ4n) is 4.12. The first-order valence-electron chi connectivity index (χ1n) is 10.5. The van der Waals surface area contributed by atoms with Crippen LogP contribution in [-0.2, 0) is 19.5 Å². The number of benzene rings is 1. The lowest BCUT2D eigenvalue weighted by atomic mass is 10.0. The monoisotopic (exact) mass is 416 g/mol. The second kappa shape index (κ2) is 6.80. The lowest BCUT2D eigenvalue weighted by molar-refractivity contribution is 0.191. The second-order valence-electron chi connectivity index (χ2n) is 8.54. The summed E-state index contributed by atoms with van der Waals surface area (Å²) in [6, 6.07) is 5.26. The molecular weight excluding hydrogens is 395 g/mol. The molecular formula is C23H21FN6O. The lowest BCUT2D eigenvalue weighted by Gasteiger charge is -2.28. The average molecular weight is 416 g/mol. The van der Waals surface area contributed by atoms with Crippen LogP contribution in [0.15, 0.2) is 41.9 Å². The smallest absolute Gasteiger partial charge is 0.165 e. The molecule has 1 fully saturated rings. The van der Waals surface area contributed by atoms with Gasteiger partial charge in [-0.3, -0.25) is 15.0 Å². The molecule has 31 heavy (non-hydrogen) atoms. The Balaban J connectivity index is 1.31. The zero-order chi connectivity index (χ0) is 21.0. The van der Waals surface area contributed by atoms with E-state index in [1.807, 2.05) is 13.0 Å². The van der Waals surface area contributed by atoms with Gasteiger partial charge < -0.3 is 9.64 Å². The number of hydrogen-bond donors (Lipinski definition) is 0. The highest BCUT2D eigenvalue weighted by Crippen LogP contribution is 2.41. The summed E-state index contributed by atoms with van der Waals surface area (Å²) in [5, 5.41) is 0. The number of nitrogens with zero attached hydrogens (tertiary/aromatic N) is 6. The van der Waals surface area contributed by atoms with Gasteiger partial charge in [0.1, 0.15) is 17.7 Å². The van der Waals surface area contributed by atoms with Crippen molar-refractivity contribution in [1.29, 1.82) is 0 Å². The summed E-state index contributed by atoms with van der Waals surface area (Å²) in [5.41, 5.74) is 4.97. The molecule has 6 rings (SSSR count). The van der Waals surface area contributed by atoms with Crippen molar-refractivity contribution in [2.45, 2.75) is 44.9 Å². The molecule has 2 aromatic heterocycles. The van der Waals surface area contributed by atoms with Crippen molar-refractivity contribution in [3.8, 4) is 5.75 Å². The molecule has 0 saturated heterocycles. The quantitative estimate of drug-likeness (QED) is 0.650. The van der Waals surface area contributed by atoms with E-state index in [4.69, 9.17) is 4.74 Å². The minimum absolute atomic E-state index is 0.249. The van der Waals surface area contributed by atoms with E-state index in [0.717, 1.165) is 65.5 Å². The van der Waals surface area contributed by atoms with Crippen molar-refractivity contribution in [2.24, 2.45) is 4.99 Å². The maximum atomic E-state index is 14.5. The zero-order valence-electron chi connectivity index (χ0n) is 17.2. The molecule has 7 nitrogen and oxygen atoms in total. The molecule has 0 radical (unpaired) electrons. The first-order chi connectivity index (χ1) is 15.1. The number of aliphatic imine (C=N–C) groups is 1. The topological polar surface area (TPSA) is 76.4 Å². The Bertz CT molecular complexity index is 1220. The van der Waals surface area contributed by atoms with Crippen molar-refractivity contribution in [1.82, 2.24) is 19.9 Å². The Hall–Kier alpha value is -3.42. The van der Waals surface area contributed by atoms with Gasteiger partial charge in [0.05, 0.1) is 35.9 Å². The first kappa shape index (κ1) is 18.4. The average Bonchev–Trinajstić information content (AvgIpc) is 3.38. The van der Waals surface area contributed by atoms with E-state index in [1.165, 1.54) is 6.07 Å². The van der Waals surface area contributed by atoms with Gasteiger partial charge in [0, 0.05) is 37.0 Å². The predicted octanol–water partition coefficient (Wildman–Crippen LogP) is 3.25. The summed E-state index contributed by atoms with van der Waals surface area (Å²) in [6.07, 6.45) is 7.73. The van der Waals surface area contributed by atoms with Gasteiger partial charge in [-0.25, -0.2) is 14.4 Å². The van der Waals surface area contributed by atoms with Crippen LogP contribution in [0.4, 0.5) is 10.2 Å². The zero-order valence-corrected chi connectivity index (χ0v) is 17.2. The van der Waals surface area contributed by atoms with Gasteiger partial charge in [-0.2, -0.15) is 0 Å². The third-order valence-corrected chi connectivity index (χ3v) is 6.17. The van der Waals surface area contributed by atoms with E-state index in [-0.39, 0.29) is 17.2 Å². The Kier molecular flexibility index (Phi) is 4.03. The summed E-state index contributed by atoms with van der Waals surface area (Å²) in [4.78, 5) is 24.6. The Labute approximate surface area is 179 Å². The molecule has 2 aliphatic heterocycles. The van der Waals surface area contributed by atoms with Gasteiger partial charge in [-0.05, 0) is 37.5 Å². The van der Waals surface area contributed by atoms with Crippen molar-refractivity contribution >= 4 is 11.5 Å². The molecule has 0 bridgehead atoms. The van der Waals surface area contributed by atoms with E-state index in [9.17, 15) is 4.39 Å². The van der Waals surface area contributed by atoms with E-state index >= 15 is 0 Å². The van der Waals surface area contributed by atoms with Crippen LogP contribution in [0, 0.1) is 5.82 Å². The molecule has 1 saturated carbocycles. The predicted molar refractivity (Wildman–Crippen MR) is 113 cm³/mol. The van der Waals surface area contributed by atoms with Gasteiger partial charge in [-0.15, -0.1) is 0 Å². The number of ether oxygens (including phenoxy) is 1. The third-order valence-electron chi connectivity index (χ3n) is 6.17. The standard InChI is InChI=1S/C23H21FN6O/c1-23(3-4-23)31-20-9-15-14(8-16(20)24)11-27-22(15)18-10-21(29-13-28-18)30-7-2-17-19(12-30)26-6-5-25-17/h5-6,8-10,13H,2-4,7,11-12H2,1H3. The van der Waals surface area contributed by atoms with Crippen LogP contribution >= 0.6 is 0 Å². The van der Waals surface area contributed by atoms with Gasteiger partial charge in [-0.1, -0.05) is 0 Å². The van der Waals surface area contributed by atoms with Crippen molar-refractivity contribution in [3.63, 3.8) is 0 Å². The molecule has 0 unspecified atom stereocenters. The van der Waals surface area contributed by atoms with Crippen molar-refractivity contribution < 1.29 is 9.13 Å². The molecule has 0 spiro atoms. The Morgan fingerprint density at radius 3 is 2.71 bits per heavy atom. The lowest BCUT2D eigenvalue weighted by Crippen LogP contribution is -2.32. The largest absolute Gasteiger partial charge is 0.484 e. The summed E-state index contributed by atoms with van der Waals surface area (Å²) < 4.78 is 20.5. The number of fused-ring (bicyclic) bond motifs is 2. The summed E-state index contributed by atoms with van der Waals surface area (Å²) >= 11 is 0. The normalized spacial score (nSPS) is 18.3. The SMILES string of the molecule is CC1(Oc2cc3c(cc2F)CN=C3c2cc(N3CCc4nccnc4C3)ncn2)CC1. The van der Waals surface area contributed by atoms with E-state index in [1.54, 1.807) is 24.8 Å². The number of rotatable bonds is 4. The van der Waals surface area contributed by atoms with Crippen LogP contribution in [0.3, 0.4) is 0 Å². The number of anilines is 1. The first-order valence-corrected chi connectivity index (χ1v) is 10.5. The van der Waals surface area contributed by atoms with Gasteiger partial charge in [0.15, 0.2) is 11.6 Å². The van der Waals surface area contributed by atoms with Crippen LogP contribution in [0.1, 0.15) is 48.0 Å². The van der Waals surface area contributed by atoms with Crippen molar-refractivity contribution in [3.05, 3.63) is 70.9 Å². The molecule has 0 amide bonds. The Morgan fingerprint density at radius 1 is 1.03 bits per heavy atom. The Morgan fingerprint density at radius 2 is 1.87 bits per heavy atom.